The normalized spacial score (nSPS) is 16.6. The molecule has 0 N–H and O–H groups in total. The largest absolute Gasteiger partial charge is 0.494 e. The van der Waals surface area contributed by atoms with Crippen molar-refractivity contribution >= 4 is 27.5 Å². The van der Waals surface area contributed by atoms with E-state index in [0.717, 1.165) is 27.0 Å². The lowest BCUT2D eigenvalue weighted by molar-refractivity contribution is -0.119. The number of carbonyl (C=O) groups excluding carboxylic acids is 1. The maximum atomic E-state index is 12.8. The molecule has 1 heterocycles. The summed E-state index contributed by atoms with van der Waals surface area (Å²) in [5.41, 5.74) is 3.26. The van der Waals surface area contributed by atoms with Gasteiger partial charge in [-0.3, -0.25) is 4.79 Å². The molecule has 0 saturated carbocycles. The first-order chi connectivity index (χ1) is 11.2. The molecule has 2 aromatic carbocycles. The van der Waals surface area contributed by atoms with E-state index in [1.54, 1.807) is 0 Å². The Balaban J connectivity index is 1.94. The molecule has 1 atom stereocenters. The van der Waals surface area contributed by atoms with Crippen molar-refractivity contribution in [3.8, 4) is 5.75 Å². The van der Waals surface area contributed by atoms with Crippen molar-refractivity contribution in [2.45, 2.75) is 26.2 Å². The van der Waals surface area contributed by atoms with Crippen LogP contribution in [0.4, 0.5) is 5.69 Å². The Morgan fingerprint density at radius 1 is 1.17 bits per heavy atom. The van der Waals surface area contributed by atoms with Crippen molar-refractivity contribution in [3.05, 3.63) is 58.1 Å². The number of carbonyl (C=O) groups is 1. The van der Waals surface area contributed by atoms with Crippen LogP contribution in [0.3, 0.4) is 0 Å². The van der Waals surface area contributed by atoms with Crippen molar-refractivity contribution in [1.29, 1.82) is 0 Å². The number of ether oxygens (including phenoxy) is 1. The van der Waals surface area contributed by atoms with E-state index < -0.39 is 0 Å². The molecule has 0 fully saturated rings. The predicted octanol–water partition coefficient (Wildman–Crippen LogP) is 4.54. The van der Waals surface area contributed by atoms with Crippen molar-refractivity contribution in [2.75, 3.05) is 18.1 Å². The molecule has 0 bridgehead atoms. The van der Waals surface area contributed by atoms with Crippen molar-refractivity contribution < 1.29 is 9.53 Å². The second kappa shape index (κ2) is 6.75. The number of para-hydroxylation sites is 1. The molecule has 0 radical (unpaired) electrons. The number of likely N-dealkylation sites (N-methyl/N-ethyl adjacent to an activating group) is 1. The molecule has 4 heteroatoms. The Morgan fingerprint density at radius 3 is 2.70 bits per heavy atom. The molecule has 0 unspecified atom stereocenters. The number of fused-ring (bicyclic) bond motifs is 1. The summed E-state index contributed by atoms with van der Waals surface area (Å²) in [5.74, 6) is 0.901. The van der Waals surface area contributed by atoms with E-state index in [1.165, 1.54) is 0 Å². The zero-order valence-corrected chi connectivity index (χ0v) is 15.0. The number of halogens is 1. The van der Waals surface area contributed by atoms with Crippen LogP contribution in [0.2, 0.25) is 0 Å². The summed E-state index contributed by atoms with van der Waals surface area (Å²) >= 11 is 3.60. The average Bonchev–Trinajstić information content (AvgIpc) is 2.82. The molecule has 0 spiro atoms. The summed E-state index contributed by atoms with van der Waals surface area (Å²) in [6.45, 7) is 5.32. The van der Waals surface area contributed by atoms with Gasteiger partial charge in [-0.25, -0.2) is 0 Å². The third-order valence-corrected chi connectivity index (χ3v) is 5.01. The van der Waals surface area contributed by atoms with Gasteiger partial charge in [-0.2, -0.15) is 0 Å². The minimum absolute atomic E-state index is 0.126. The molecule has 1 aliphatic rings. The van der Waals surface area contributed by atoms with E-state index in [9.17, 15) is 4.79 Å². The summed E-state index contributed by atoms with van der Waals surface area (Å²) in [6, 6.07) is 14.0. The highest BCUT2D eigenvalue weighted by Gasteiger charge is 2.36. The molecule has 23 heavy (non-hydrogen) atoms. The van der Waals surface area contributed by atoms with E-state index in [0.29, 0.717) is 19.6 Å². The lowest BCUT2D eigenvalue weighted by Gasteiger charge is -2.16. The van der Waals surface area contributed by atoms with Crippen molar-refractivity contribution in [2.24, 2.45) is 0 Å². The van der Waals surface area contributed by atoms with E-state index in [4.69, 9.17) is 4.74 Å². The first-order valence-corrected chi connectivity index (χ1v) is 8.76. The van der Waals surface area contributed by atoms with Gasteiger partial charge in [0.15, 0.2) is 0 Å². The predicted molar refractivity (Wildman–Crippen MR) is 96.2 cm³/mol. The summed E-state index contributed by atoms with van der Waals surface area (Å²) in [6.07, 6.45) is 0.674. The number of hydrogen-bond acceptors (Lipinski definition) is 2. The van der Waals surface area contributed by atoms with E-state index in [1.807, 2.05) is 55.1 Å². The summed E-state index contributed by atoms with van der Waals surface area (Å²) in [4.78, 5) is 14.7. The molecule has 2 aromatic rings. The third kappa shape index (κ3) is 3.00. The maximum absolute atomic E-state index is 12.8. The van der Waals surface area contributed by atoms with E-state index in [2.05, 4.69) is 22.0 Å². The van der Waals surface area contributed by atoms with Gasteiger partial charge in [0.2, 0.25) is 5.91 Å². The van der Waals surface area contributed by atoms with Crippen LogP contribution in [0, 0.1) is 0 Å². The number of anilines is 1. The fourth-order valence-corrected chi connectivity index (χ4v) is 3.58. The second-order valence-corrected chi connectivity index (χ2v) is 6.44. The standard InChI is InChI=1S/C19H20BrNO2/c1-3-21-18-8-6-5-7-15(18)16(19(21)22)12-13-11-14(23-4-2)9-10-17(13)20/h5-11,16H,3-4,12H2,1-2H3/t16-/m0/s1. The van der Waals surface area contributed by atoms with Gasteiger partial charge in [0, 0.05) is 16.7 Å². The lowest BCUT2D eigenvalue weighted by Crippen LogP contribution is -2.29. The van der Waals surface area contributed by atoms with Gasteiger partial charge in [-0.1, -0.05) is 34.1 Å². The summed E-state index contributed by atoms with van der Waals surface area (Å²) in [7, 11) is 0. The highest BCUT2D eigenvalue weighted by molar-refractivity contribution is 9.10. The van der Waals surface area contributed by atoms with Gasteiger partial charge in [-0.15, -0.1) is 0 Å². The van der Waals surface area contributed by atoms with Crippen molar-refractivity contribution in [1.82, 2.24) is 0 Å². The topological polar surface area (TPSA) is 29.5 Å². The number of nitrogens with zero attached hydrogens (tertiary/aromatic N) is 1. The zero-order chi connectivity index (χ0) is 16.4. The molecule has 3 rings (SSSR count). The maximum Gasteiger partial charge on any atom is 0.234 e. The SMILES string of the molecule is CCOc1ccc(Br)c(C[C@@H]2C(=O)N(CC)c3ccccc32)c1. The summed E-state index contributed by atoms with van der Waals surface area (Å²) < 4.78 is 6.60. The molecule has 120 valence electrons. The monoisotopic (exact) mass is 373 g/mol. The highest BCUT2D eigenvalue weighted by Crippen LogP contribution is 2.40. The minimum Gasteiger partial charge on any atom is -0.494 e. The Labute approximate surface area is 145 Å². The minimum atomic E-state index is -0.126. The number of benzene rings is 2. The van der Waals surface area contributed by atoms with Gasteiger partial charge in [0.1, 0.15) is 5.75 Å². The summed E-state index contributed by atoms with van der Waals surface area (Å²) in [5, 5.41) is 0. The first kappa shape index (κ1) is 16.1. The van der Waals surface area contributed by atoms with Crippen molar-refractivity contribution in [3.63, 3.8) is 0 Å². The smallest absolute Gasteiger partial charge is 0.234 e. The van der Waals surface area contributed by atoms with Crippen LogP contribution in [0.25, 0.3) is 0 Å². The van der Waals surface area contributed by atoms with Crippen LogP contribution in [0.15, 0.2) is 46.9 Å². The Hall–Kier alpha value is -1.81. The Bertz CT molecular complexity index is 729. The lowest BCUT2D eigenvalue weighted by atomic mass is 9.93. The molecule has 1 aliphatic heterocycles. The Kier molecular flexibility index (Phi) is 4.71. The molecule has 0 aromatic heterocycles. The quantitative estimate of drug-likeness (QED) is 0.769. The second-order valence-electron chi connectivity index (χ2n) is 5.58. The van der Waals surface area contributed by atoms with Gasteiger partial charge >= 0.3 is 0 Å². The molecule has 0 saturated heterocycles. The van der Waals surface area contributed by atoms with Gasteiger partial charge in [-0.05, 0) is 55.7 Å². The van der Waals surface area contributed by atoms with Crippen LogP contribution in [-0.4, -0.2) is 19.1 Å². The fourth-order valence-electron chi connectivity index (χ4n) is 3.18. The molecule has 3 nitrogen and oxygen atoms in total. The number of hydrogen-bond donors (Lipinski definition) is 0. The first-order valence-electron chi connectivity index (χ1n) is 7.97. The number of rotatable bonds is 5. The highest BCUT2D eigenvalue weighted by atomic mass is 79.9. The molecule has 0 aliphatic carbocycles. The number of amides is 1. The van der Waals surface area contributed by atoms with E-state index >= 15 is 0 Å². The van der Waals surface area contributed by atoms with Gasteiger partial charge in [0.25, 0.3) is 0 Å². The van der Waals surface area contributed by atoms with E-state index in [-0.39, 0.29) is 11.8 Å². The van der Waals surface area contributed by atoms with Crippen LogP contribution in [-0.2, 0) is 11.2 Å². The molecule has 1 amide bonds. The van der Waals surface area contributed by atoms with Gasteiger partial charge < -0.3 is 9.64 Å². The third-order valence-electron chi connectivity index (χ3n) is 4.24. The zero-order valence-electron chi connectivity index (χ0n) is 13.4. The van der Waals surface area contributed by atoms with Crippen LogP contribution >= 0.6 is 15.9 Å². The fraction of sp³-hybridized carbons (Fsp3) is 0.316. The molecular formula is C19H20BrNO2. The van der Waals surface area contributed by atoms with Gasteiger partial charge in [0.05, 0.1) is 12.5 Å². The van der Waals surface area contributed by atoms with Crippen LogP contribution in [0.5, 0.6) is 5.75 Å². The molecular weight excluding hydrogens is 354 g/mol. The van der Waals surface area contributed by atoms with Crippen LogP contribution < -0.4 is 9.64 Å². The van der Waals surface area contributed by atoms with Crippen LogP contribution in [0.1, 0.15) is 30.9 Å². The Morgan fingerprint density at radius 2 is 1.96 bits per heavy atom. The average molecular weight is 374 g/mol.